The van der Waals surface area contributed by atoms with Crippen molar-refractivity contribution in [3.8, 4) is 5.75 Å². The van der Waals surface area contributed by atoms with Gasteiger partial charge in [0.15, 0.2) is 0 Å². The second-order valence-electron chi connectivity index (χ2n) is 4.70. The Kier molecular flexibility index (Phi) is 5.38. The van der Waals surface area contributed by atoms with E-state index in [0.29, 0.717) is 5.02 Å². The van der Waals surface area contributed by atoms with Crippen molar-refractivity contribution < 1.29 is 9.90 Å². The summed E-state index contributed by atoms with van der Waals surface area (Å²) in [4.78, 5) is 11.9. The molecule has 0 heterocycles. The third-order valence-corrected chi connectivity index (χ3v) is 3.12. The van der Waals surface area contributed by atoms with Crippen molar-refractivity contribution in [2.24, 2.45) is 5.10 Å². The number of phenols is 1. The smallest absolute Gasteiger partial charge is 0.262 e. The summed E-state index contributed by atoms with van der Waals surface area (Å²) < 4.78 is 0. The number of benzene rings is 2. The predicted molar refractivity (Wildman–Crippen MR) is 88.4 cm³/mol. The maximum Gasteiger partial charge on any atom is 0.262 e. The second-order valence-corrected chi connectivity index (χ2v) is 5.14. The molecular weight excluding hydrogens is 302 g/mol. The van der Waals surface area contributed by atoms with Crippen molar-refractivity contribution in [3.63, 3.8) is 0 Å². The van der Waals surface area contributed by atoms with Crippen LogP contribution >= 0.6 is 11.6 Å². The van der Waals surface area contributed by atoms with Gasteiger partial charge < -0.3 is 10.4 Å². The summed E-state index contributed by atoms with van der Waals surface area (Å²) in [6.07, 6.45) is 1.50. The molecule has 0 aliphatic rings. The molecule has 0 radical (unpaired) electrons. The zero-order valence-corrected chi connectivity index (χ0v) is 12.7. The molecule has 0 saturated heterocycles. The Bertz CT molecular complexity index is 671. The van der Waals surface area contributed by atoms with Crippen molar-refractivity contribution in [2.45, 2.75) is 13.0 Å². The first-order chi connectivity index (χ1) is 10.5. The van der Waals surface area contributed by atoms with E-state index in [1.165, 1.54) is 6.21 Å². The molecule has 2 aromatic carbocycles. The Morgan fingerprint density at radius 3 is 2.68 bits per heavy atom. The molecule has 2 aromatic rings. The minimum absolute atomic E-state index is 0.181. The van der Waals surface area contributed by atoms with Gasteiger partial charge in [0.2, 0.25) is 0 Å². The molecule has 0 spiro atoms. The van der Waals surface area contributed by atoms with E-state index in [4.69, 9.17) is 11.6 Å². The van der Waals surface area contributed by atoms with Crippen LogP contribution in [0.25, 0.3) is 0 Å². The summed E-state index contributed by atoms with van der Waals surface area (Å²) in [5.41, 5.74) is 3.99. The van der Waals surface area contributed by atoms with Gasteiger partial charge in [-0.05, 0) is 55.0 Å². The molecule has 0 aromatic heterocycles. The zero-order valence-electron chi connectivity index (χ0n) is 12.0. The number of hydrogen-bond donors (Lipinski definition) is 3. The van der Waals surface area contributed by atoms with Gasteiger partial charge in [-0.2, -0.15) is 5.10 Å². The highest BCUT2D eigenvalue weighted by atomic mass is 35.5. The van der Waals surface area contributed by atoms with Crippen LogP contribution in [-0.2, 0) is 4.79 Å². The molecule has 0 saturated carbocycles. The number of amides is 1. The third-order valence-electron chi connectivity index (χ3n) is 2.88. The Balaban J connectivity index is 1.87. The SMILES string of the molecule is CC(Nc1cccc(Cl)c1)C(=O)N/N=C/c1ccc(O)cc1. The topological polar surface area (TPSA) is 73.7 Å². The summed E-state index contributed by atoms with van der Waals surface area (Å²) in [7, 11) is 0. The van der Waals surface area contributed by atoms with Gasteiger partial charge in [-0.1, -0.05) is 17.7 Å². The Labute approximate surface area is 133 Å². The van der Waals surface area contributed by atoms with E-state index in [9.17, 15) is 9.90 Å². The first-order valence-electron chi connectivity index (χ1n) is 6.68. The number of carbonyl (C=O) groups is 1. The van der Waals surface area contributed by atoms with Crippen molar-refractivity contribution >= 4 is 29.4 Å². The van der Waals surface area contributed by atoms with Crippen molar-refractivity contribution in [2.75, 3.05) is 5.32 Å². The van der Waals surface area contributed by atoms with E-state index in [2.05, 4.69) is 15.8 Å². The molecule has 0 bridgehead atoms. The molecule has 2 rings (SSSR count). The van der Waals surface area contributed by atoms with Crippen LogP contribution in [0.4, 0.5) is 5.69 Å². The van der Waals surface area contributed by atoms with E-state index >= 15 is 0 Å². The second kappa shape index (κ2) is 7.47. The number of carbonyl (C=O) groups excluding carboxylic acids is 1. The fraction of sp³-hybridized carbons (Fsp3) is 0.125. The third kappa shape index (κ3) is 4.79. The van der Waals surface area contributed by atoms with Gasteiger partial charge in [-0.25, -0.2) is 5.43 Å². The van der Waals surface area contributed by atoms with Gasteiger partial charge in [-0.3, -0.25) is 4.79 Å². The van der Waals surface area contributed by atoms with E-state index in [1.807, 2.05) is 6.07 Å². The monoisotopic (exact) mass is 317 g/mol. The summed E-state index contributed by atoms with van der Waals surface area (Å²) in [6, 6.07) is 13.2. The van der Waals surface area contributed by atoms with Crippen LogP contribution in [0.3, 0.4) is 0 Å². The number of hydrazone groups is 1. The zero-order chi connectivity index (χ0) is 15.9. The van der Waals surface area contributed by atoms with E-state index < -0.39 is 6.04 Å². The van der Waals surface area contributed by atoms with Crippen molar-refractivity contribution in [1.82, 2.24) is 5.43 Å². The molecule has 5 nitrogen and oxygen atoms in total. The van der Waals surface area contributed by atoms with Gasteiger partial charge in [-0.15, -0.1) is 0 Å². The lowest BCUT2D eigenvalue weighted by Crippen LogP contribution is -2.34. The number of nitrogens with zero attached hydrogens (tertiary/aromatic N) is 1. The Hall–Kier alpha value is -2.53. The predicted octanol–water partition coefficient (Wildman–Crippen LogP) is 3.00. The summed E-state index contributed by atoms with van der Waals surface area (Å²) in [5.74, 6) is -0.0875. The highest BCUT2D eigenvalue weighted by Crippen LogP contribution is 2.15. The Morgan fingerprint density at radius 1 is 1.27 bits per heavy atom. The maximum atomic E-state index is 11.9. The normalized spacial score (nSPS) is 12.1. The van der Waals surface area contributed by atoms with Crippen LogP contribution in [0.5, 0.6) is 5.75 Å². The number of nitrogens with one attached hydrogen (secondary N) is 2. The molecular formula is C16H16ClN3O2. The lowest BCUT2D eigenvalue weighted by Gasteiger charge is -2.13. The van der Waals surface area contributed by atoms with Gasteiger partial charge in [0.1, 0.15) is 11.8 Å². The molecule has 0 fully saturated rings. The Morgan fingerprint density at radius 2 is 2.00 bits per heavy atom. The number of phenolic OH excluding ortho intramolecular Hbond substituents is 1. The van der Waals surface area contributed by atoms with Gasteiger partial charge in [0.05, 0.1) is 6.21 Å². The maximum absolute atomic E-state index is 11.9. The first kappa shape index (κ1) is 15.9. The van der Waals surface area contributed by atoms with Crippen molar-refractivity contribution in [1.29, 1.82) is 0 Å². The molecule has 1 atom stereocenters. The quantitative estimate of drug-likeness (QED) is 0.586. The largest absolute Gasteiger partial charge is 0.508 e. The van der Waals surface area contributed by atoms with Crippen LogP contribution in [0.2, 0.25) is 5.02 Å². The lowest BCUT2D eigenvalue weighted by atomic mass is 10.2. The highest BCUT2D eigenvalue weighted by molar-refractivity contribution is 6.30. The number of hydrogen-bond acceptors (Lipinski definition) is 4. The van der Waals surface area contributed by atoms with Crippen LogP contribution in [0, 0.1) is 0 Å². The van der Waals surface area contributed by atoms with Crippen LogP contribution in [-0.4, -0.2) is 23.3 Å². The highest BCUT2D eigenvalue weighted by Gasteiger charge is 2.11. The number of aromatic hydroxyl groups is 1. The number of rotatable bonds is 5. The summed E-state index contributed by atoms with van der Waals surface area (Å²) >= 11 is 5.89. The van der Waals surface area contributed by atoms with Gasteiger partial charge in [0, 0.05) is 10.7 Å². The fourth-order valence-corrected chi connectivity index (χ4v) is 1.91. The molecule has 1 unspecified atom stereocenters. The molecule has 0 aliphatic heterocycles. The van der Waals surface area contributed by atoms with Crippen LogP contribution in [0.1, 0.15) is 12.5 Å². The molecule has 22 heavy (non-hydrogen) atoms. The van der Waals surface area contributed by atoms with Gasteiger partial charge >= 0.3 is 0 Å². The van der Waals surface area contributed by atoms with E-state index in [-0.39, 0.29) is 11.7 Å². The summed E-state index contributed by atoms with van der Waals surface area (Å²) in [5, 5.41) is 16.7. The molecule has 3 N–H and O–H groups in total. The summed E-state index contributed by atoms with van der Waals surface area (Å²) in [6.45, 7) is 1.73. The number of anilines is 1. The average Bonchev–Trinajstić information content (AvgIpc) is 2.49. The standard InChI is InChI=1S/C16H16ClN3O2/c1-11(19-14-4-2-3-13(17)9-14)16(22)20-18-10-12-5-7-15(21)8-6-12/h2-11,19,21H,1H3,(H,20,22)/b18-10+. The lowest BCUT2D eigenvalue weighted by molar-refractivity contribution is -0.121. The molecule has 0 aliphatic carbocycles. The number of halogens is 1. The van der Waals surface area contributed by atoms with Crippen LogP contribution in [0.15, 0.2) is 53.6 Å². The van der Waals surface area contributed by atoms with E-state index in [0.717, 1.165) is 11.3 Å². The molecule has 1 amide bonds. The average molecular weight is 318 g/mol. The fourth-order valence-electron chi connectivity index (χ4n) is 1.72. The van der Waals surface area contributed by atoms with Crippen molar-refractivity contribution in [3.05, 3.63) is 59.1 Å². The molecule has 114 valence electrons. The first-order valence-corrected chi connectivity index (χ1v) is 7.06. The van der Waals surface area contributed by atoms with Crippen LogP contribution < -0.4 is 10.7 Å². The minimum Gasteiger partial charge on any atom is -0.508 e. The van der Waals surface area contributed by atoms with E-state index in [1.54, 1.807) is 49.4 Å². The minimum atomic E-state index is -0.463. The molecule has 6 heteroatoms. The van der Waals surface area contributed by atoms with Gasteiger partial charge in [0.25, 0.3) is 5.91 Å².